The summed E-state index contributed by atoms with van der Waals surface area (Å²) in [6.07, 6.45) is 3.56. The number of ether oxygens (including phenoxy) is 1. The Labute approximate surface area is 171 Å². The Bertz CT molecular complexity index is 947. The summed E-state index contributed by atoms with van der Waals surface area (Å²) in [6.45, 7) is 4.62. The molecule has 0 aliphatic rings. The molecular formula is C18H19N5OS3. The largest absolute Gasteiger partial charge is 0.371 e. The van der Waals surface area contributed by atoms with Crippen LogP contribution in [-0.4, -0.2) is 37.1 Å². The van der Waals surface area contributed by atoms with Crippen LogP contribution in [0.15, 0.2) is 28.9 Å². The van der Waals surface area contributed by atoms with E-state index in [9.17, 15) is 5.26 Å². The molecule has 0 spiro atoms. The fourth-order valence-corrected chi connectivity index (χ4v) is 4.82. The quantitative estimate of drug-likeness (QED) is 0.302. The number of aromatic nitrogens is 4. The summed E-state index contributed by atoms with van der Waals surface area (Å²) >= 11 is 4.75. The number of imidazole rings is 1. The zero-order valence-corrected chi connectivity index (χ0v) is 17.7. The van der Waals surface area contributed by atoms with Crippen LogP contribution in [0.4, 0.5) is 0 Å². The van der Waals surface area contributed by atoms with E-state index in [0.717, 1.165) is 32.9 Å². The number of pyridine rings is 1. The number of nitriles is 1. The van der Waals surface area contributed by atoms with E-state index in [4.69, 9.17) is 9.72 Å². The van der Waals surface area contributed by atoms with Gasteiger partial charge in [-0.15, -0.1) is 23.1 Å². The average Bonchev–Trinajstić information content (AvgIpc) is 3.32. The van der Waals surface area contributed by atoms with Crippen molar-refractivity contribution in [2.75, 3.05) is 17.6 Å². The Hall–Kier alpha value is -1.86. The fraction of sp³-hybridized carbons (Fsp3) is 0.333. The first kappa shape index (κ1) is 19.9. The van der Waals surface area contributed by atoms with Gasteiger partial charge in [-0.1, -0.05) is 11.8 Å². The highest BCUT2D eigenvalue weighted by molar-refractivity contribution is 8.15. The van der Waals surface area contributed by atoms with Crippen LogP contribution in [0.1, 0.15) is 18.3 Å². The van der Waals surface area contributed by atoms with Gasteiger partial charge in [-0.05, 0) is 19.9 Å². The van der Waals surface area contributed by atoms with Gasteiger partial charge in [0.1, 0.15) is 27.6 Å². The summed E-state index contributed by atoms with van der Waals surface area (Å²) in [5.74, 6) is 1.52. The van der Waals surface area contributed by atoms with Gasteiger partial charge in [0, 0.05) is 35.9 Å². The highest BCUT2D eigenvalue weighted by Crippen LogP contribution is 2.35. The minimum atomic E-state index is 0.570. The smallest absolute Gasteiger partial charge is 0.141 e. The lowest BCUT2D eigenvalue weighted by atomic mass is 10.1. The van der Waals surface area contributed by atoms with Crippen molar-refractivity contribution in [1.29, 1.82) is 5.26 Å². The predicted molar refractivity (Wildman–Crippen MR) is 112 cm³/mol. The second-order valence-corrected chi connectivity index (χ2v) is 8.67. The van der Waals surface area contributed by atoms with Crippen molar-refractivity contribution >= 4 is 34.9 Å². The van der Waals surface area contributed by atoms with Gasteiger partial charge in [0.2, 0.25) is 0 Å². The van der Waals surface area contributed by atoms with Gasteiger partial charge in [0.15, 0.2) is 0 Å². The topological polar surface area (TPSA) is 76.6 Å². The molecule has 0 radical (unpaired) electrons. The first-order valence-corrected chi connectivity index (χ1v) is 11.3. The third kappa shape index (κ3) is 4.52. The molecule has 0 atom stereocenters. The highest BCUT2D eigenvalue weighted by atomic mass is 32.2. The molecule has 0 aromatic carbocycles. The molecule has 0 amide bonds. The molecule has 0 N–H and O–H groups in total. The maximum atomic E-state index is 9.84. The van der Waals surface area contributed by atoms with E-state index in [2.05, 4.69) is 16.0 Å². The molecule has 0 saturated heterocycles. The Morgan fingerprint density at radius 2 is 2.22 bits per heavy atom. The Kier molecular flexibility index (Phi) is 6.90. The second kappa shape index (κ2) is 9.37. The lowest BCUT2D eigenvalue weighted by Gasteiger charge is -2.12. The van der Waals surface area contributed by atoms with Crippen molar-refractivity contribution in [1.82, 2.24) is 19.5 Å². The van der Waals surface area contributed by atoms with Gasteiger partial charge in [-0.25, -0.2) is 15.0 Å². The van der Waals surface area contributed by atoms with Crippen LogP contribution in [-0.2, 0) is 11.8 Å². The van der Waals surface area contributed by atoms with E-state index in [1.807, 2.05) is 36.9 Å². The number of hydrogen-bond donors (Lipinski definition) is 0. The summed E-state index contributed by atoms with van der Waals surface area (Å²) < 4.78 is 7.35. The normalized spacial score (nSPS) is 10.9. The Morgan fingerprint density at radius 1 is 1.37 bits per heavy atom. The van der Waals surface area contributed by atoms with Crippen LogP contribution in [0.2, 0.25) is 0 Å². The molecule has 27 heavy (non-hydrogen) atoms. The van der Waals surface area contributed by atoms with Crippen LogP contribution >= 0.6 is 34.9 Å². The lowest BCUT2D eigenvalue weighted by Crippen LogP contribution is -2.00. The molecule has 3 aromatic rings. The number of nitrogens with zero attached hydrogens (tertiary/aromatic N) is 5. The number of rotatable bonds is 8. The molecule has 3 rings (SSSR count). The Morgan fingerprint density at radius 3 is 2.85 bits per heavy atom. The van der Waals surface area contributed by atoms with Gasteiger partial charge in [-0.3, -0.25) is 0 Å². The average molecular weight is 418 g/mol. The van der Waals surface area contributed by atoms with Crippen molar-refractivity contribution in [2.24, 2.45) is 7.05 Å². The van der Waals surface area contributed by atoms with Gasteiger partial charge >= 0.3 is 0 Å². The summed E-state index contributed by atoms with van der Waals surface area (Å²) in [5.41, 5.74) is 3.07. The van der Waals surface area contributed by atoms with Crippen molar-refractivity contribution in [2.45, 2.75) is 18.9 Å². The molecule has 0 aliphatic carbocycles. The van der Waals surface area contributed by atoms with Gasteiger partial charge in [0.25, 0.3) is 0 Å². The molecule has 0 fully saturated rings. The maximum Gasteiger partial charge on any atom is 0.141 e. The zero-order valence-electron chi connectivity index (χ0n) is 15.3. The number of thioether (sulfide) groups is 2. The fourth-order valence-electron chi connectivity index (χ4n) is 2.42. The summed E-state index contributed by atoms with van der Waals surface area (Å²) in [5, 5.41) is 14.1. The van der Waals surface area contributed by atoms with Crippen molar-refractivity contribution in [3.8, 4) is 28.0 Å². The summed E-state index contributed by atoms with van der Waals surface area (Å²) in [6, 6.07) is 4.28. The van der Waals surface area contributed by atoms with Crippen LogP contribution in [0.5, 0.6) is 0 Å². The Balaban J connectivity index is 2.03. The second-order valence-electron chi connectivity index (χ2n) is 5.51. The summed E-state index contributed by atoms with van der Waals surface area (Å²) in [4.78, 5) is 13.5. The molecule has 0 saturated carbocycles. The molecule has 6 nitrogen and oxygen atoms in total. The standard InChI is InChI=1S/C18H19N5OS3/c1-4-24-10-25-11-27-17-14(8-19)13(16-9-21-12(2)23(16)3)7-15(22-17)18-20-5-6-26-18/h5-7,9H,4,10-11H2,1-3H3. The van der Waals surface area contributed by atoms with Crippen molar-refractivity contribution in [3.05, 3.63) is 35.2 Å². The molecule has 3 heterocycles. The van der Waals surface area contributed by atoms with Crippen LogP contribution in [0, 0.1) is 18.3 Å². The maximum absolute atomic E-state index is 9.84. The van der Waals surface area contributed by atoms with Crippen molar-refractivity contribution in [3.63, 3.8) is 0 Å². The molecule has 140 valence electrons. The molecular weight excluding hydrogens is 398 g/mol. The van der Waals surface area contributed by atoms with Gasteiger partial charge < -0.3 is 9.30 Å². The third-order valence-electron chi connectivity index (χ3n) is 3.90. The van der Waals surface area contributed by atoms with E-state index < -0.39 is 0 Å². The molecule has 0 bridgehead atoms. The number of hydrogen-bond acceptors (Lipinski definition) is 8. The highest BCUT2D eigenvalue weighted by Gasteiger charge is 2.19. The van der Waals surface area contributed by atoms with Crippen molar-refractivity contribution < 1.29 is 4.74 Å². The van der Waals surface area contributed by atoms with E-state index >= 15 is 0 Å². The van der Waals surface area contributed by atoms with E-state index in [1.165, 1.54) is 11.3 Å². The zero-order chi connectivity index (χ0) is 19.2. The minimum absolute atomic E-state index is 0.570. The lowest BCUT2D eigenvalue weighted by molar-refractivity contribution is 0.199. The molecule has 9 heteroatoms. The predicted octanol–water partition coefficient (Wildman–Crippen LogP) is 4.56. The SMILES string of the molecule is CCOCSCSc1nc(-c2nccs2)cc(-c2cnc(C)n2C)c1C#N. The van der Waals surface area contributed by atoms with Crippen LogP contribution in [0.3, 0.4) is 0 Å². The van der Waals surface area contributed by atoms with E-state index in [1.54, 1.807) is 35.9 Å². The molecule has 0 aliphatic heterocycles. The van der Waals surface area contributed by atoms with E-state index in [-0.39, 0.29) is 0 Å². The third-order valence-corrected chi connectivity index (χ3v) is 6.73. The molecule has 3 aromatic heterocycles. The van der Waals surface area contributed by atoms with Gasteiger partial charge in [-0.2, -0.15) is 5.26 Å². The number of aryl methyl sites for hydroxylation is 1. The first-order valence-electron chi connectivity index (χ1n) is 8.27. The van der Waals surface area contributed by atoms with E-state index in [0.29, 0.717) is 23.1 Å². The summed E-state index contributed by atoms with van der Waals surface area (Å²) in [7, 11) is 1.95. The molecule has 0 unspecified atom stereocenters. The monoisotopic (exact) mass is 417 g/mol. The number of thiazole rings is 1. The minimum Gasteiger partial charge on any atom is -0.371 e. The van der Waals surface area contributed by atoms with Crippen LogP contribution < -0.4 is 0 Å². The van der Waals surface area contributed by atoms with Gasteiger partial charge in [0.05, 0.1) is 23.4 Å². The van der Waals surface area contributed by atoms with Crippen LogP contribution in [0.25, 0.3) is 22.0 Å². The first-order chi connectivity index (χ1) is 13.2.